The highest BCUT2D eigenvalue weighted by Gasteiger charge is 2.30. The zero-order chi connectivity index (χ0) is 19.0. The molecule has 0 atom stereocenters. The summed E-state index contributed by atoms with van der Waals surface area (Å²) in [5.41, 5.74) is 3.68. The Balaban J connectivity index is 1.77. The number of hydrogen-bond donors (Lipinski definition) is 0. The van der Waals surface area contributed by atoms with E-state index in [0.29, 0.717) is 18.0 Å². The smallest absolute Gasteiger partial charge is 0.161 e. The summed E-state index contributed by atoms with van der Waals surface area (Å²) in [6, 6.07) is 10.6. The first-order chi connectivity index (χ1) is 13.1. The van der Waals surface area contributed by atoms with Gasteiger partial charge in [-0.2, -0.15) is 0 Å². The Labute approximate surface area is 157 Å². The summed E-state index contributed by atoms with van der Waals surface area (Å²) in [6.07, 6.45) is 5.73. The lowest BCUT2D eigenvalue weighted by Crippen LogP contribution is -2.37. The summed E-state index contributed by atoms with van der Waals surface area (Å²) in [5.74, 6) is 1.87. The minimum atomic E-state index is -0.263. The number of aliphatic imine (C=N–C) groups is 1. The van der Waals surface area contributed by atoms with Crippen LogP contribution in [-0.4, -0.2) is 32.0 Å². The molecular formula is C21H20FN3O2. The van der Waals surface area contributed by atoms with Crippen molar-refractivity contribution < 1.29 is 13.9 Å². The molecule has 0 aliphatic carbocycles. The van der Waals surface area contributed by atoms with Gasteiger partial charge in [-0.15, -0.1) is 0 Å². The summed E-state index contributed by atoms with van der Waals surface area (Å²) in [7, 11) is 3.22. The van der Waals surface area contributed by atoms with Gasteiger partial charge in [-0.25, -0.2) is 14.4 Å². The van der Waals surface area contributed by atoms with E-state index in [1.807, 2.05) is 47.3 Å². The monoisotopic (exact) mass is 365 g/mol. The lowest BCUT2D eigenvalue weighted by molar-refractivity contribution is 0.354. The molecule has 0 bridgehead atoms. The highest BCUT2D eigenvalue weighted by Crippen LogP contribution is 2.38. The summed E-state index contributed by atoms with van der Waals surface area (Å²) in [5, 5.41) is 4.02. The van der Waals surface area contributed by atoms with Gasteiger partial charge >= 0.3 is 0 Å². The fourth-order valence-electron chi connectivity index (χ4n) is 3.36. The van der Waals surface area contributed by atoms with Crippen LogP contribution < -0.4 is 14.5 Å². The van der Waals surface area contributed by atoms with Crippen LogP contribution in [0.15, 0.2) is 59.4 Å². The van der Waals surface area contributed by atoms with Crippen LogP contribution >= 0.6 is 0 Å². The molecule has 2 aromatic carbocycles. The van der Waals surface area contributed by atoms with Crippen molar-refractivity contribution in [1.82, 2.24) is 5.01 Å². The maximum absolute atomic E-state index is 13.9. The average molecular weight is 365 g/mol. The predicted molar refractivity (Wildman–Crippen MR) is 104 cm³/mol. The SMILES string of the molecule is COc1ccc(C2=CC=NC3=CCN(c4cc(F)ccc4C)N32)cc1OC. The number of anilines is 1. The Bertz CT molecular complexity index is 981. The van der Waals surface area contributed by atoms with E-state index in [4.69, 9.17) is 9.47 Å². The number of ether oxygens (including phenoxy) is 2. The number of hydrazine groups is 1. The summed E-state index contributed by atoms with van der Waals surface area (Å²) in [4.78, 5) is 4.47. The third-order valence-corrected chi connectivity index (χ3v) is 4.70. The maximum Gasteiger partial charge on any atom is 0.161 e. The first-order valence-electron chi connectivity index (χ1n) is 8.63. The maximum atomic E-state index is 13.9. The zero-order valence-electron chi connectivity index (χ0n) is 15.4. The molecule has 2 aliphatic rings. The molecule has 0 saturated carbocycles. The fourth-order valence-corrected chi connectivity index (χ4v) is 3.36. The van der Waals surface area contributed by atoms with Gasteiger partial charge in [-0.1, -0.05) is 6.07 Å². The van der Waals surface area contributed by atoms with Crippen LogP contribution in [0.3, 0.4) is 0 Å². The third-order valence-electron chi connectivity index (χ3n) is 4.70. The topological polar surface area (TPSA) is 37.3 Å². The van der Waals surface area contributed by atoms with Crippen LogP contribution in [-0.2, 0) is 0 Å². The molecule has 0 unspecified atom stereocenters. The van der Waals surface area contributed by atoms with Crippen molar-refractivity contribution in [3.05, 3.63) is 71.3 Å². The molecule has 6 heteroatoms. The van der Waals surface area contributed by atoms with Crippen molar-refractivity contribution in [2.45, 2.75) is 6.92 Å². The highest BCUT2D eigenvalue weighted by molar-refractivity contribution is 5.88. The molecule has 0 saturated heterocycles. The molecule has 0 N–H and O–H groups in total. The Morgan fingerprint density at radius 3 is 2.63 bits per heavy atom. The van der Waals surface area contributed by atoms with Gasteiger partial charge in [0.1, 0.15) is 11.6 Å². The first-order valence-corrected chi connectivity index (χ1v) is 8.63. The molecule has 5 nitrogen and oxygen atoms in total. The van der Waals surface area contributed by atoms with Crippen LogP contribution in [0, 0.1) is 12.7 Å². The second-order valence-electron chi connectivity index (χ2n) is 6.29. The summed E-state index contributed by atoms with van der Waals surface area (Å²) < 4.78 is 24.7. The van der Waals surface area contributed by atoms with Gasteiger partial charge in [0.15, 0.2) is 11.5 Å². The predicted octanol–water partition coefficient (Wildman–Crippen LogP) is 4.16. The number of nitrogens with zero attached hydrogens (tertiary/aromatic N) is 3. The minimum absolute atomic E-state index is 0.263. The Morgan fingerprint density at radius 1 is 1.04 bits per heavy atom. The van der Waals surface area contributed by atoms with Crippen molar-refractivity contribution in [2.75, 3.05) is 25.8 Å². The minimum Gasteiger partial charge on any atom is -0.493 e. The highest BCUT2D eigenvalue weighted by atomic mass is 19.1. The summed E-state index contributed by atoms with van der Waals surface area (Å²) >= 11 is 0. The van der Waals surface area contributed by atoms with Crippen LogP contribution in [0.25, 0.3) is 5.70 Å². The number of aryl methyl sites for hydroxylation is 1. The summed E-state index contributed by atoms with van der Waals surface area (Å²) in [6.45, 7) is 2.58. The van der Waals surface area contributed by atoms with Gasteiger partial charge in [-0.3, -0.25) is 5.01 Å². The van der Waals surface area contributed by atoms with Crippen LogP contribution in [0.4, 0.5) is 10.1 Å². The van der Waals surface area contributed by atoms with Gasteiger partial charge < -0.3 is 9.47 Å². The normalized spacial score (nSPS) is 15.4. The zero-order valence-corrected chi connectivity index (χ0v) is 15.4. The molecule has 0 fully saturated rings. The lowest BCUT2D eigenvalue weighted by Gasteiger charge is -2.36. The van der Waals surface area contributed by atoms with Gasteiger partial charge in [0.2, 0.25) is 0 Å². The number of halogens is 1. The van der Waals surface area contributed by atoms with Crippen molar-refractivity contribution >= 4 is 17.6 Å². The van der Waals surface area contributed by atoms with Crippen LogP contribution in [0.2, 0.25) is 0 Å². The van der Waals surface area contributed by atoms with E-state index in [1.165, 1.54) is 6.07 Å². The Hall–Kier alpha value is -3.28. The molecule has 0 radical (unpaired) electrons. The molecule has 0 aromatic heterocycles. The van der Waals surface area contributed by atoms with Crippen LogP contribution in [0.1, 0.15) is 11.1 Å². The standard InChI is InChI=1S/C21H20FN3O2/c1-14-4-6-16(22)13-18(14)24-11-9-21-23-10-8-17(25(21)24)15-5-7-19(26-2)20(12-15)27-3/h4-10,12-13H,11H2,1-3H3. The number of benzene rings is 2. The second-order valence-corrected chi connectivity index (χ2v) is 6.29. The van der Waals surface area contributed by atoms with E-state index in [1.54, 1.807) is 32.6 Å². The van der Waals surface area contributed by atoms with E-state index in [9.17, 15) is 4.39 Å². The fraction of sp³-hybridized carbons (Fsp3) is 0.190. The number of hydrogen-bond acceptors (Lipinski definition) is 5. The molecule has 27 heavy (non-hydrogen) atoms. The van der Waals surface area contributed by atoms with Gasteiger partial charge in [0, 0.05) is 11.8 Å². The van der Waals surface area contributed by atoms with Crippen molar-refractivity contribution in [1.29, 1.82) is 0 Å². The first kappa shape index (κ1) is 17.1. The third kappa shape index (κ3) is 2.93. The van der Waals surface area contributed by atoms with Gasteiger partial charge in [0.25, 0.3) is 0 Å². The van der Waals surface area contributed by atoms with E-state index in [2.05, 4.69) is 4.99 Å². The quantitative estimate of drug-likeness (QED) is 0.816. The Morgan fingerprint density at radius 2 is 1.85 bits per heavy atom. The second kappa shape index (κ2) is 6.79. The average Bonchev–Trinajstić information content (AvgIpc) is 3.13. The Kier molecular flexibility index (Phi) is 4.32. The molecule has 138 valence electrons. The van der Waals surface area contributed by atoms with E-state index >= 15 is 0 Å². The largest absolute Gasteiger partial charge is 0.493 e. The van der Waals surface area contributed by atoms with Crippen molar-refractivity contribution in [2.24, 2.45) is 4.99 Å². The number of methoxy groups -OCH3 is 2. The van der Waals surface area contributed by atoms with Crippen molar-refractivity contribution in [3.63, 3.8) is 0 Å². The molecule has 0 spiro atoms. The van der Waals surface area contributed by atoms with E-state index < -0.39 is 0 Å². The molecule has 4 rings (SSSR count). The number of allylic oxidation sites excluding steroid dienone is 1. The molecular weight excluding hydrogens is 345 g/mol. The molecule has 2 aromatic rings. The van der Waals surface area contributed by atoms with Gasteiger partial charge in [0.05, 0.1) is 32.1 Å². The van der Waals surface area contributed by atoms with E-state index in [0.717, 1.165) is 28.3 Å². The molecule has 0 amide bonds. The molecule has 2 heterocycles. The van der Waals surface area contributed by atoms with E-state index in [-0.39, 0.29) is 5.82 Å². The number of fused-ring (bicyclic) bond motifs is 1. The number of rotatable bonds is 4. The van der Waals surface area contributed by atoms with Crippen molar-refractivity contribution in [3.8, 4) is 11.5 Å². The van der Waals surface area contributed by atoms with Crippen LogP contribution in [0.5, 0.6) is 11.5 Å². The van der Waals surface area contributed by atoms with Gasteiger partial charge in [-0.05, 0) is 55.0 Å². The lowest BCUT2D eigenvalue weighted by atomic mass is 10.1. The molecule has 2 aliphatic heterocycles.